The molecule has 9 unspecified atom stereocenters. The molecule has 0 aromatic rings. The number of carbonyl (C=O) groups is 2. The van der Waals surface area contributed by atoms with Crippen molar-refractivity contribution in [2.45, 2.75) is 145 Å². The van der Waals surface area contributed by atoms with Crippen molar-refractivity contribution in [2.24, 2.45) is 17.6 Å². The molecule has 13 atom stereocenters. The highest BCUT2D eigenvalue weighted by molar-refractivity contribution is 5.71. The molecule has 51 heavy (non-hydrogen) atoms. The van der Waals surface area contributed by atoms with Gasteiger partial charge in [-0.25, -0.2) is 0 Å². The van der Waals surface area contributed by atoms with Gasteiger partial charge in [-0.3, -0.25) is 9.59 Å². The van der Waals surface area contributed by atoms with Crippen LogP contribution in [0.15, 0.2) is 48.6 Å². The number of cyclic esters (lactones) is 1. The first kappa shape index (κ1) is 42.9. The number of nitrogens with two attached hydrogens (primary N) is 1. The summed E-state index contributed by atoms with van der Waals surface area (Å²) in [6, 6.07) is -1.08. The Bertz CT molecular complexity index is 1210. The molecule has 15 heteroatoms. The Labute approximate surface area is 298 Å². The molecule has 2 fully saturated rings. The summed E-state index contributed by atoms with van der Waals surface area (Å²) in [6.45, 7) is 3.67. The van der Waals surface area contributed by atoms with Crippen molar-refractivity contribution in [1.29, 1.82) is 0 Å². The Morgan fingerprint density at radius 1 is 0.922 bits per heavy atom. The molecular formula is C36H57NO14. The van der Waals surface area contributed by atoms with Gasteiger partial charge >= 0.3 is 11.9 Å². The number of hydrogen-bond donors (Lipinski definition) is 9. The molecular weight excluding hydrogens is 670 g/mol. The number of aliphatic carboxylic acids is 1. The Hall–Kier alpha value is -2.54. The van der Waals surface area contributed by atoms with Gasteiger partial charge in [0, 0.05) is 32.1 Å². The van der Waals surface area contributed by atoms with Crippen LogP contribution >= 0.6 is 0 Å². The lowest BCUT2D eigenvalue weighted by atomic mass is 9.82. The van der Waals surface area contributed by atoms with E-state index in [4.69, 9.17) is 24.7 Å². The van der Waals surface area contributed by atoms with Crippen LogP contribution in [0.3, 0.4) is 0 Å². The Balaban J connectivity index is 1.87. The highest BCUT2D eigenvalue weighted by Gasteiger charge is 2.50. The Morgan fingerprint density at radius 3 is 2.29 bits per heavy atom. The number of carboxylic acid groups (broad SMARTS) is 1. The number of aliphatic hydroxyl groups is 7. The average Bonchev–Trinajstić information content (AvgIpc) is 3.04. The summed E-state index contributed by atoms with van der Waals surface area (Å²) < 4.78 is 22.9. The highest BCUT2D eigenvalue weighted by Crippen LogP contribution is 2.38. The number of hydrogen-bond acceptors (Lipinski definition) is 14. The summed E-state index contributed by atoms with van der Waals surface area (Å²) in [7, 11) is 0. The lowest BCUT2D eigenvalue weighted by Gasteiger charge is -2.45. The standard InChI is InChI=1S/C36H57NO14/c1-21(2)28-13-11-9-7-5-3-4-6-8-10-12-23(49-35-33(44)32(37)27(42)20-48-35)17-29-31(34(45)46)26(41)19-36(47,51-29)18-22(38)16-25(40)24(39)14-15-30(43)50-28/h3-8,10,12,21-29,31-33,35,38-42,44,47H,9,11,13-20,37H2,1-2H3,(H,45,46)/b4-3+,7-5+,8-6+,12-10+/t22?,23?,24?,25?,26?,27-,28?,29?,31?,32+,33-,35+,36?/m1/s1. The van der Waals surface area contributed by atoms with Gasteiger partial charge in [-0.2, -0.15) is 0 Å². The van der Waals surface area contributed by atoms with Crippen LogP contribution in [0.2, 0.25) is 0 Å². The molecule has 0 amide bonds. The van der Waals surface area contributed by atoms with E-state index in [-0.39, 0.29) is 37.9 Å². The van der Waals surface area contributed by atoms with Crippen molar-refractivity contribution in [1.82, 2.24) is 0 Å². The molecule has 0 saturated carbocycles. The van der Waals surface area contributed by atoms with Gasteiger partial charge in [-0.1, -0.05) is 62.5 Å². The van der Waals surface area contributed by atoms with E-state index in [0.29, 0.717) is 6.42 Å². The number of rotatable bonds is 4. The van der Waals surface area contributed by atoms with E-state index in [9.17, 15) is 50.4 Å². The molecule has 0 radical (unpaired) electrons. The molecule has 290 valence electrons. The minimum absolute atomic E-state index is 0.0703. The topological polar surface area (TPSA) is 259 Å². The lowest BCUT2D eigenvalue weighted by Crippen LogP contribution is -2.59. The molecule has 10 N–H and O–H groups in total. The number of esters is 1. The second kappa shape index (κ2) is 20.6. The molecule has 0 aromatic heterocycles. The molecule has 3 heterocycles. The van der Waals surface area contributed by atoms with E-state index >= 15 is 0 Å². The van der Waals surface area contributed by atoms with Crippen LogP contribution in [0.5, 0.6) is 0 Å². The van der Waals surface area contributed by atoms with Crippen molar-refractivity contribution < 1.29 is 69.4 Å². The molecule has 0 aromatic carbocycles. The molecule has 2 bridgehead atoms. The van der Waals surface area contributed by atoms with Crippen LogP contribution in [-0.4, -0.2) is 132 Å². The summed E-state index contributed by atoms with van der Waals surface area (Å²) in [6.07, 6.45) is 1.47. The predicted molar refractivity (Wildman–Crippen MR) is 182 cm³/mol. The second-order valence-electron chi connectivity index (χ2n) is 14.0. The summed E-state index contributed by atoms with van der Waals surface area (Å²) in [5, 5.41) is 84.8. The first-order chi connectivity index (χ1) is 24.1. The number of aliphatic hydroxyl groups excluding tert-OH is 6. The van der Waals surface area contributed by atoms with Gasteiger partial charge in [-0.15, -0.1) is 0 Å². The monoisotopic (exact) mass is 727 g/mol. The number of fused-ring (bicyclic) bond motifs is 2. The van der Waals surface area contributed by atoms with Crippen LogP contribution in [0.4, 0.5) is 0 Å². The van der Waals surface area contributed by atoms with Crippen molar-refractivity contribution in [3.63, 3.8) is 0 Å². The fourth-order valence-electron chi connectivity index (χ4n) is 6.43. The second-order valence-corrected chi connectivity index (χ2v) is 14.0. The number of carboxylic acids is 1. The molecule has 3 rings (SSSR count). The molecule has 3 aliphatic heterocycles. The third-order valence-electron chi connectivity index (χ3n) is 9.38. The zero-order valence-electron chi connectivity index (χ0n) is 29.3. The van der Waals surface area contributed by atoms with Crippen LogP contribution < -0.4 is 5.73 Å². The Kier molecular flexibility index (Phi) is 17.3. The Morgan fingerprint density at radius 2 is 1.61 bits per heavy atom. The van der Waals surface area contributed by atoms with Crippen molar-refractivity contribution in [3.8, 4) is 0 Å². The summed E-state index contributed by atoms with van der Waals surface area (Å²) in [5.41, 5.74) is 5.90. The van der Waals surface area contributed by atoms with Gasteiger partial charge in [0.15, 0.2) is 12.1 Å². The van der Waals surface area contributed by atoms with Crippen LogP contribution in [0, 0.1) is 11.8 Å². The third kappa shape index (κ3) is 13.7. The minimum atomic E-state index is -2.25. The maximum Gasteiger partial charge on any atom is 0.311 e. The van der Waals surface area contributed by atoms with Crippen LogP contribution in [0.25, 0.3) is 0 Å². The minimum Gasteiger partial charge on any atom is -0.481 e. The third-order valence-corrected chi connectivity index (χ3v) is 9.38. The fraction of sp³-hybridized carbons (Fsp3) is 0.722. The van der Waals surface area contributed by atoms with Gasteiger partial charge in [-0.05, 0) is 31.6 Å². The quantitative estimate of drug-likeness (QED) is 0.177. The number of allylic oxidation sites excluding steroid dienone is 7. The molecule has 0 aliphatic carbocycles. The van der Waals surface area contributed by atoms with E-state index < -0.39 is 104 Å². The van der Waals surface area contributed by atoms with Crippen molar-refractivity contribution >= 4 is 11.9 Å². The summed E-state index contributed by atoms with van der Waals surface area (Å²) in [5.74, 6) is -5.64. The SMILES string of the molecule is CC(C)C1CCC/C=C/C=C/C=C/C=C/C(O[C@@H]2OC[C@@H](O)[C@H](N)[C@H]2O)CC2OC(O)(CC(O)CC(O)C(O)CCC(=O)O1)CC(O)C2C(=O)O. The summed E-state index contributed by atoms with van der Waals surface area (Å²) >= 11 is 0. The van der Waals surface area contributed by atoms with E-state index in [2.05, 4.69) is 0 Å². The first-order valence-electron chi connectivity index (χ1n) is 17.7. The smallest absolute Gasteiger partial charge is 0.311 e. The normalized spacial score (nSPS) is 42.7. The first-order valence-corrected chi connectivity index (χ1v) is 17.7. The fourth-order valence-corrected chi connectivity index (χ4v) is 6.43. The molecule has 2 saturated heterocycles. The molecule has 3 aliphatic rings. The van der Waals surface area contributed by atoms with E-state index in [1.54, 1.807) is 30.4 Å². The van der Waals surface area contributed by atoms with Crippen LogP contribution in [-0.2, 0) is 28.5 Å². The highest BCUT2D eigenvalue weighted by atomic mass is 16.7. The number of ether oxygens (including phenoxy) is 4. The predicted octanol–water partition coefficient (Wildman–Crippen LogP) is 0.326. The van der Waals surface area contributed by atoms with E-state index in [1.165, 1.54) is 0 Å². The number of carbonyl (C=O) groups excluding carboxylic acids is 1. The van der Waals surface area contributed by atoms with E-state index in [0.717, 1.165) is 12.8 Å². The van der Waals surface area contributed by atoms with Crippen LogP contribution in [0.1, 0.15) is 71.6 Å². The van der Waals surface area contributed by atoms with Gasteiger partial charge in [0.25, 0.3) is 0 Å². The summed E-state index contributed by atoms with van der Waals surface area (Å²) in [4.78, 5) is 24.8. The zero-order valence-corrected chi connectivity index (χ0v) is 29.3. The van der Waals surface area contributed by atoms with Gasteiger partial charge in [0.05, 0.1) is 55.4 Å². The zero-order chi connectivity index (χ0) is 37.7. The van der Waals surface area contributed by atoms with Gasteiger partial charge in [0.2, 0.25) is 0 Å². The lowest BCUT2D eigenvalue weighted by molar-refractivity contribution is -0.305. The van der Waals surface area contributed by atoms with E-state index in [1.807, 2.05) is 32.1 Å². The largest absolute Gasteiger partial charge is 0.481 e. The van der Waals surface area contributed by atoms with Gasteiger partial charge in [0.1, 0.15) is 18.1 Å². The maximum atomic E-state index is 12.6. The average molecular weight is 728 g/mol. The van der Waals surface area contributed by atoms with Crippen molar-refractivity contribution in [2.75, 3.05) is 6.61 Å². The molecule has 15 nitrogen and oxygen atoms in total. The van der Waals surface area contributed by atoms with Gasteiger partial charge < -0.3 is 65.5 Å². The van der Waals surface area contributed by atoms with Crippen molar-refractivity contribution in [3.05, 3.63) is 48.6 Å². The molecule has 0 spiro atoms. The maximum absolute atomic E-state index is 12.6.